The minimum atomic E-state index is -0.249. The Balaban J connectivity index is 1.67. The number of ether oxygens (including phenoxy) is 2. The number of nitrogens with one attached hydrogen (secondary N) is 2. The third-order valence-corrected chi connectivity index (χ3v) is 3.55. The summed E-state index contributed by atoms with van der Waals surface area (Å²) in [5, 5.41) is 11.5. The summed E-state index contributed by atoms with van der Waals surface area (Å²) in [4.78, 5) is 18.1. The third kappa shape index (κ3) is 4.69. The molecule has 0 saturated carbocycles. The van der Waals surface area contributed by atoms with E-state index in [1.54, 1.807) is 39.3 Å². The Bertz CT molecular complexity index is 1010. The van der Waals surface area contributed by atoms with E-state index in [1.165, 1.54) is 6.07 Å². The van der Waals surface area contributed by atoms with Crippen molar-refractivity contribution < 1.29 is 14.1 Å². The molecule has 0 amide bonds. The first kappa shape index (κ1) is 18.1. The zero-order chi connectivity index (χ0) is 19.2. The summed E-state index contributed by atoms with van der Waals surface area (Å²) in [6.45, 7) is 3.73. The lowest BCUT2D eigenvalue weighted by Gasteiger charge is -2.10. The second kappa shape index (κ2) is 8.13. The fourth-order valence-electron chi connectivity index (χ4n) is 2.21. The van der Waals surface area contributed by atoms with E-state index in [4.69, 9.17) is 9.47 Å². The van der Waals surface area contributed by atoms with Gasteiger partial charge < -0.3 is 9.47 Å². The summed E-state index contributed by atoms with van der Waals surface area (Å²) >= 11 is 0. The molecule has 10 heteroatoms. The van der Waals surface area contributed by atoms with Crippen LogP contribution in [0.2, 0.25) is 0 Å². The minimum Gasteiger partial charge on any atom is -0.493 e. The van der Waals surface area contributed by atoms with E-state index in [9.17, 15) is 4.79 Å². The summed E-state index contributed by atoms with van der Waals surface area (Å²) in [6, 6.07) is 6.73. The van der Waals surface area contributed by atoms with Crippen LogP contribution >= 0.6 is 0 Å². The molecule has 0 spiro atoms. The van der Waals surface area contributed by atoms with Crippen LogP contribution < -0.4 is 20.5 Å². The zero-order valence-corrected chi connectivity index (χ0v) is 15.0. The van der Waals surface area contributed by atoms with Gasteiger partial charge in [-0.2, -0.15) is 5.10 Å². The number of hydrogen-bond acceptors (Lipinski definition) is 9. The monoisotopic (exact) mass is 370 g/mol. The molecule has 2 aromatic heterocycles. The quantitative estimate of drug-likeness (QED) is 0.476. The van der Waals surface area contributed by atoms with Crippen LogP contribution in [0.5, 0.6) is 11.5 Å². The smallest absolute Gasteiger partial charge is 0.252 e. The summed E-state index contributed by atoms with van der Waals surface area (Å²) < 4.78 is 15.7. The van der Waals surface area contributed by atoms with Gasteiger partial charge in [0.15, 0.2) is 11.5 Å². The first-order valence-electron chi connectivity index (χ1n) is 8.01. The Hall–Kier alpha value is -3.69. The topological polar surface area (TPSA) is 128 Å². The second-order valence-corrected chi connectivity index (χ2v) is 5.60. The number of methoxy groups -OCH3 is 1. The van der Waals surface area contributed by atoms with Gasteiger partial charge in [0.1, 0.15) is 18.0 Å². The molecule has 0 unspecified atom stereocenters. The molecular weight excluding hydrogens is 352 g/mol. The van der Waals surface area contributed by atoms with Crippen molar-refractivity contribution in [3.05, 3.63) is 57.3 Å². The molecule has 0 atom stereocenters. The van der Waals surface area contributed by atoms with Gasteiger partial charge in [-0.1, -0.05) is 10.3 Å². The SMILES string of the molecule is COc1cc(/C=N/Nc2nc(C)cc(=O)[nH]2)ccc1OCc1nonc1C. The van der Waals surface area contributed by atoms with E-state index in [0.29, 0.717) is 28.6 Å². The first-order chi connectivity index (χ1) is 13.0. The molecule has 2 heterocycles. The lowest BCUT2D eigenvalue weighted by atomic mass is 10.2. The highest BCUT2D eigenvalue weighted by atomic mass is 16.6. The van der Waals surface area contributed by atoms with Crippen LogP contribution in [0.3, 0.4) is 0 Å². The summed E-state index contributed by atoms with van der Waals surface area (Å²) in [6.07, 6.45) is 1.57. The predicted octanol–water partition coefficient (Wildman–Crippen LogP) is 1.80. The Morgan fingerprint density at radius 3 is 2.81 bits per heavy atom. The van der Waals surface area contributed by atoms with Gasteiger partial charge in [0, 0.05) is 11.8 Å². The highest BCUT2D eigenvalue weighted by Crippen LogP contribution is 2.28. The average molecular weight is 370 g/mol. The molecule has 3 aromatic rings. The van der Waals surface area contributed by atoms with Crippen LogP contribution in [0.25, 0.3) is 0 Å². The molecule has 0 radical (unpaired) electrons. The van der Waals surface area contributed by atoms with Crippen LogP contribution in [-0.4, -0.2) is 33.6 Å². The summed E-state index contributed by atoms with van der Waals surface area (Å²) in [7, 11) is 1.55. The van der Waals surface area contributed by atoms with E-state index in [2.05, 4.69) is 35.4 Å². The van der Waals surface area contributed by atoms with E-state index < -0.39 is 0 Å². The van der Waals surface area contributed by atoms with Crippen molar-refractivity contribution in [1.82, 2.24) is 20.3 Å². The van der Waals surface area contributed by atoms with Crippen molar-refractivity contribution in [2.45, 2.75) is 20.5 Å². The first-order valence-corrected chi connectivity index (χ1v) is 8.01. The Kier molecular flexibility index (Phi) is 5.45. The predicted molar refractivity (Wildman–Crippen MR) is 97.2 cm³/mol. The molecule has 0 fully saturated rings. The average Bonchev–Trinajstić information content (AvgIpc) is 3.04. The molecule has 0 bridgehead atoms. The molecule has 27 heavy (non-hydrogen) atoms. The largest absolute Gasteiger partial charge is 0.493 e. The van der Waals surface area contributed by atoms with Crippen molar-refractivity contribution in [2.75, 3.05) is 12.5 Å². The molecule has 10 nitrogen and oxygen atoms in total. The Morgan fingerprint density at radius 1 is 1.26 bits per heavy atom. The van der Waals surface area contributed by atoms with Gasteiger partial charge in [0.25, 0.3) is 5.56 Å². The number of benzene rings is 1. The number of hydrazone groups is 1. The van der Waals surface area contributed by atoms with Gasteiger partial charge in [0.2, 0.25) is 5.95 Å². The van der Waals surface area contributed by atoms with E-state index in [0.717, 1.165) is 5.56 Å². The van der Waals surface area contributed by atoms with Crippen molar-refractivity contribution in [2.24, 2.45) is 5.10 Å². The highest BCUT2D eigenvalue weighted by molar-refractivity contribution is 5.81. The molecule has 3 rings (SSSR count). The standard InChI is InChI=1S/C17H18N6O4/c1-10-6-16(24)20-17(19-10)21-18-8-12-4-5-14(15(7-12)25-3)26-9-13-11(2)22-27-23-13/h4-8H,9H2,1-3H3,(H2,19,20,21,24)/b18-8+. The number of H-pyrrole nitrogens is 1. The molecular formula is C17H18N6O4. The van der Waals surface area contributed by atoms with Crippen molar-refractivity contribution >= 4 is 12.2 Å². The number of rotatable bonds is 7. The molecule has 0 saturated heterocycles. The maximum Gasteiger partial charge on any atom is 0.252 e. The van der Waals surface area contributed by atoms with Gasteiger partial charge in [-0.3, -0.25) is 9.78 Å². The minimum absolute atomic E-state index is 0.215. The highest BCUT2D eigenvalue weighted by Gasteiger charge is 2.09. The van der Waals surface area contributed by atoms with Crippen LogP contribution in [-0.2, 0) is 6.61 Å². The molecule has 2 N–H and O–H groups in total. The van der Waals surface area contributed by atoms with Gasteiger partial charge in [-0.15, -0.1) is 0 Å². The van der Waals surface area contributed by atoms with Crippen LogP contribution in [0.1, 0.15) is 22.6 Å². The van der Waals surface area contributed by atoms with E-state index in [-0.39, 0.29) is 18.1 Å². The van der Waals surface area contributed by atoms with Gasteiger partial charge >= 0.3 is 0 Å². The molecule has 140 valence electrons. The second-order valence-electron chi connectivity index (χ2n) is 5.60. The van der Waals surface area contributed by atoms with Crippen molar-refractivity contribution in [3.8, 4) is 11.5 Å². The van der Waals surface area contributed by atoms with Crippen LogP contribution in [0.15, 0.2) is 38.8 Å². The fraction of sp³-hybridized carbons (Fsp3) is 0.235. The van der Waals surface area contributed by atoms with Gasteiger partial charge in [-0.05, 0) is 37.6 Å². The maximum absolute atomic E-state index is 11.4. The summed E-state index contributed by atoms with van der Waals surface area (Å²) in [5.74, 6) is 1.35. The fourth-order valence-corrected chi connectivity index (χ4v) is 2.21. The Morgan fingerprint density at radius 2 is 2.11 bits per heavy atom. The summed E-state index contributed by atoms with van der Waals surface area (Å²) in [5.41, 5.74) is 5.08. The molecule has 0 aliphatic rings. The molecule has 0 aliphatic carbocycles. The maximum atomic E-state index is 11.4. The molecule has 0 aliphatic heterocycles. The third-order valence-electron chi connectivity index (χ3n) is 3.55. The van der Waals surface area contributed by atoms with Crippen LogP contribution in [0.4, 0.5) is 5.95 Å². The van der Waals surface area contributed by atoms with E-state index >= 15 is 0 Å². The number of aryl methyl sites for hydroxylation is 2. The number of aromatic amines is 1. The lowest BCUT2D eigenvalue weighted by molar-refractivity contribution is 0.260. The van der Waals surface area contributed by atoms with Crippen molar-refractivity contribution in [1.29, 1.82) is 0 Å². The molecule has 1 aromatic carbocycles. The van der Waals surface area contributed by atoms with Gasteiger partial charge in [-0.25, -0.2) is 15.0 Å². The number of anilines is 1. The normalized spacial score (nSPS) is 10.9. The number of aromatic nitrogens is 4. The van der Waals surface area contributed by atoms with Gasteiger partial charge in [0.05, 0.1) is 13.3 Å². The Labute approximate surface area is 154 Å². The van der Waals surface area contributed by atoms with E-state index in [1.807, 2.05) is 6.07 Å². The number of hydrogen-bond donors (Lipinski definition) is 2. The zero-order valence-electron chi connectivity index (χ0n) is 15.0. The van der Waals surface area contributed by atoms with Crippen LogP contribution in [0, 0.1) is 13.8 Å². The lowest BCUT2D eigenvalue weighted by Crippen LogP contribution is -2.10. The number of nitrogens with zero attached hydrogens (tertiary/aromatic N) is 4. The van der Waals surface area contributed by atoms with Crippen molar-refractivity contribution in [3.63, 3.8) is 0 Å².